The summed E-state index contributed by atoms with van der Waals surface area (Å²) in [5, 5.41) is 0. The first kappa shape index (κ1) is 17.0. The van der Waals surface area contributed by atoms with Crippen molar-refractivity contribution in [2.45, 2.75) is 27.2 Å². The fraction of sp³-hybridized carbons (Fsp3) is 0.750. The van der Waals surface area contributed by atoms with Crippen molar-refractivity contribution in [3.05, 3.63) is 0 Å². The minimum absolute atomic E-state index is 0.172. The number of ether oxygens (including phenoxy) is 2. The summed E-state index contributed by atoms with van der Waals surface area (Å²) in [5.41, 5.74) is -1.43. The molecule has 0 aliphatic heterocycles. The number of thioether (sulfide) groups is 1. The van der Waals surface area contributed by atoms with Crippen LogP contribution in [0.3, 0.4) is 0 Å². The molecular weight excluding hydrogens is 256 g/mol. The molecule has 0 spiro atoms. The van der Waals surface area contributed by atoms with E-state index in [0.29, 0.717) is 0 Å². The molecule has 0 aliphatic rings. The van der Waals surface area contributed by atoms with Crippen LogP contribution in [0.25, 0.3) is 0 Å². The van der Waals surface area contributed by atoms with Crippen LogP contribution < -0.4 is 0 Å². The van der Waals surface area contributed by atoms with Gasteiger partial charge in [-0.15, -0.1) is 0 Å². The third-order valence-corrected chi connectivity index (χ3v) is 3.26. The van der Waals surface area contributed by atoms with E-state index in [1.807, 2.05) is 0 Å². The summed E-state index contributed by atoms with van der Waals surface area (Å²) in [4.78, 5) is 35.3. The third-order valence-electron chi connectivity index (χ3n) is 2.48. The van der Waals surface area contributed by atoms with Crippen LogP contribution in [0.2, 0.25) is 0 Å². The standard InChI is InChI=1S/C12H20O5S/c1-5-16-10(14)7-12(8-18-4,9(3)13)11(15)17-6-2/h5-8H2,1-4H3. The maximum Gasteiger partial charge on any atom is 0.321 e. The smallest absolute Gasteiger partial charge is 0.321 e. The van der Waals surface area contributed by atoms with Crippen LogP contribution in [0.15, 0.2) is 0 Å². The van der Waals surface area contributed by atoms with Gasteiger partial charge in [0, 0.05) is 5.75 Å². The highest BCUT2D eigenvalue weighted by Gasteiger charge is 2.46. The van der Waals surface area contributed by atoms with E-state index in [2.05, 4.69) is 0 Å². The van der Waals surface area contributed by atoms with Crippen LogP contribution in [0, 0.1) is 5.41 Å². The molecule has 18 heavy (non-hydrogen) atoms. The number of hydrogen-bond acceptors (Lipinski definition) is 6. The Bertz CT molecular complexity index is 316. The van der Waals surface area contributed by atoms with E-state index in [0.717, 1.165) is 0 Å². The fourth-order valence-electron chi connectivity index (χ4n) is 1.53. The predicted molar refractivity (Wildman–Crippen MR) is 69.4 cm³/mol. The number of Topliss-reactive ketones (excluding diaryl/α,β-unsaturated/α-hetero) is 1. The lowest BCUT2D eigenvalue weighted by atomic mass is 9.82. The molecule has 104 valence electrons. The quantitative estimate of drug-likeness (QED) is 0.493. The molecule has 0 bridgehead atoms. The summed E-state index contributed by atoms with van der Waals surface area (Å²) in [5.74, 6) is -1.38. The molecule has 0 saturated carbocycles. The Kier molecular flexibility index (Phi) is 7.66. The van der Waals surface area contributed by atoms with Crippen molar-refractivity contribution in [1.82, 2.24) is 0 Å². The first-order valence-corrected chi connectivity index (χ1v) is 7.16. The van der Waals surface area contributed by atoms with Crippen LogP contribution in [0.1, 0.15) is 27.2 Å². The number of rotatable bonds is 8. The SMILES string of the molecule is CCOC(=O)CC(CSC)(C(C)=O)C(=O)OCC. The number of esters is 2. The monoisotopic (exact) mass is 276 g/mol. The second-order valence-corrected chi connectivity index (χ2v) is 4.64. The van der Waals surface area contributed by atoms with Gasteiger partial charge in [0.05, 0.1) is 19.6 Å². The summed E-state index contributed by atoms with van der Waals surface area (Å²) < 4.78 is 9.73. The second-order valence-electron chi connectivity index (χ2n) is 3.77. The lowest BCUT2D eigenvalue weighted by Gasteiger charge is -2.27. The van der Waals surface area contributed by atoms with Crippen molar-refractivity contribution < 1.29 is 23.9 Å². The molecule has 0 aromatic carbocycles. The molecule has 0 aliphatic carbocycles. The lowest BCUT2D eigenvalue weighted by molar-refractivity contribution is -0.164. The highest BCUT2D eigenvalue weighted by Crippen LogP contribution is 2.30. The molecular formula is C12H20O5S. The highest BCUT2D eigenvalue weighted by molar-refractivity contribution is 7.98. The molecule has 0 aromatic heterocycles. The molecule has 1 unspecified atom stereocenters. The van der Waals surface area contributed by atoms with Gasteiger partial charge in [-0.05, 0) is 27.0 Å². The van der Waals surface area contributed by atoms with Crippen molar-refractivity contribution in [3.8, 4) is 0 Å². The van der Waals surface area contributed by atoms with Crippen molar-refractivity contribution in [2.75, 3.05) is 25.2 Å². The molecule has 6 heteroatoms. The van der Waals surface area contributed by atoms with E-state index in [9.17, 15) is 14.4 Å². The first-order chi connectivity index (χ1) is 8.44. The first-order valence-electron chi connectivity index (χ1n) is 5.77. The van der Waals surface area contributed by atoms with Crippen molar-refractivity contribution >= 4 is 29.5 Å². The summed E-state index contributed by atoms with van der Waals surface area (Å²) in [6.07, 6.45) is 1.50. The molecule has 0 rings (SSSR count). The summed E-state index contributed by atoms with van der Waals surface area (Å²) in [6, 6.07) is 0. The molecule has 5 nitrogen and oxygen atoms in total. The lowest BCUT2D eigenvalue weighted by Crippen LogP contribution is -2.44. The zero-order valence-corrected chi connectivity index (χ0v) is 12.1. The molecule has 0 fully saturated rings. The van der Waals surface area contributed by atoms with Gasteiger partial charge in [-0.3, -0.25) is 14.4 Å². The van der Waals surface area contributed by atoms with E-state index in [-0.39, 0.29) is 31.2 Å². The van der Waals surface area contributed by atoms with Gasteiger partial charge in [0.2, 0.25) is 0 Å². The van der Waals surface area contributed by atoms with Crippen LogP contribution in [0.4, 0.5) is 0 Å². The van der Waals surface area contributed by atoms with Crippen LogP contribution >= 0.6 is 11.8 Å². The van der Waals surface area contributed by atoms with Gasteiger partial charge < -0.3 is 9.47 Å². The van der Waals surface area contributed by atoms with Gasteiger partial charge in [0.1, 0.15) is 11.2 Å². The molecule has 0 radical (unpaired) electrons. The van der Waals surface area contributed by atoms with Gasteiger partial charge in [0.25, 0.3) is 0 Å². The third kappa shape index (κ3) is 4.33. The molecule has 0 aromatic rings. The average Bonchev–Trinajstić information content (AvgIpc) is 2.28. The Morgan fingerprint density at radius 1 is 1.11 bits per heavy atom. The van der Waals surface area contributed by atoms with Gasteiger partial charge in [-0.2, -0.15) is 11.8 Å². The Hall–Kier alpha value is -1.04. The predicted octanol–water partition coefficient (Wildman–Crippen LogP) is 1.44. The average molecular weight is 276 g/mol. The molecule has 1 atom stereocenters. The maximum absolute atomic E-state index is 12.0. The topological polar surface area (TPSA) is 69.7 Å². The van der Waals surface area contributed by atoms with E-state index in [1.165, 1.54) is 18.7 Å². The maximum atomic E-state index is 12.0. The largest absolute Gasteiger partial charge is 0.466 e. The number of hydrogen-bond donors (Lipinski definition) is 0. The van der Waals surface area contributed by atoms with Gasteiger partial charge >= 0.3 is 11.9 Å². The molecule has 0 saturated heterocycles. The fourth-order valence-corrected chi connectivity index (χ4v) is 2.44. The number of carbonyl (C=O) groups excluding carboxylic acids is 3. The Balaban J connectivity index is 5.14. The van der Waals surface area contributed by atoms with E-state index >= 15 is 0 Å². The highest BCUT2D eigenvalue weighted by atomic mass is 32.2. The minimum Gasteiger partial charge on any atom is -0.466 e. The van der Waals surface area contributed by atoms with Crippen molar-refractivity contribution in [2.24, 2.45) is 5.41 Å². The van der Waals surface area contributed by atoms with Gasteiger partial charge in [0.15, 0.2) is 0 Å². The van der Waals surface area contributed by atoms with Crippen LogP contribution in [-0.4, -0.2) is 42.9 Å². The van der Waals surface area contributed by atoms with E-state index in [4.69, 9.17) is 9.47 Å². The van der Waals surface area contributed by atoms with Crippen molar-refractivity contribution in [3.63, 3.8) is 0 Å². The van der Waals surface area contributed by atoms with E-state index in [1.54, 1.807) is 20.1 Å². The molecule has 0 amide bonds. The van der Waals surface area contributed by atoms with Gasteiger partial charge in [-0.25, -0.2) is 0 Å². The summed E-state index contributed by atoms with van der Waals surface area (Å²) in [7, 11) is 0. The van der Waals surface area contributed by atoms with Crippen molar-refractivity contribution in [1.29, 1.82) is 0 Å². The number of ketones is 1. The number of carbonyl (C=O) groups is 3. The molecule has 0 N–H and O–H groups in total. The van der Waals surface area contributed by atoms with Gasteiger partial charge in [-0.1, -0.05) is 0 Å². The second kappa shape index (κ2) is 8.13. The Labute approximate surface area is 112 Å². The zero-order chi connectivity index (χ0) is 14.2. The van der Waals surface area contributed by atoms with E-state index < -0.39 is 17.4 Å². The Morgan fingerprint density at radius 2 is 1.67 bits per heavy atom. The Morgan fingerprint density at radius 3 is 2.06 bits per heavy atom. The normalized spacial score (nSPS) is 13.6. The summed E-state index contributed by atoms with van der Waals surface area (Å²) in [6.45, 7) is 5.02. The minimum atomic E-state index is -1.43. The van der Waals surface area contributed by atoms with Crippen LogP contribution in [0.5, 0.6) is 0 Å². The summed E-state index contributed by atoms with van der Waals surface area (Å²) >= 11 is 1.32. The molecule has 0 heterocycles. The van der Waals surface area contributed by atoms with Crippen LogP contribution in [-0.2, 0) is 23.9 Å². The zero-order valence-electron chi connectivity index (χ0n) is 11.3.